The fourth-order valence-corrected chi connectivity index (χ4v) is 2.34. The number of halogens is 2. The minimum atomic E-state index is 0.734. The lowest BCUT2D eigenvalue weighted by molar-refractivity contribution is 0.764. The third kappa shape index (κ3) is 1.94. The molecule has 0 aliphatic rings. The smallest absolute Gasteiger partial charge is 0.0824 e. The molecule has 0 bridgehead atoms. The van der Waals surface area contributed by atoms with Gasteiger partial charge in [-0.15, -0.1) is 0 Å². The molecule has 1 aromatic heterocycles. The summed E-state index contributed by atoms with van der Waals surface area (Å²) in [6.07, 6.45) is 0. The van der Waals surface area contributed by atoms with Crippen LogP contribution in [0.5, 0.6) is 0 Å². The van der Waals surface area contributed by atoms with Gasteiger partial charge < -0.3 is 0 Å². The van der Waals surface area contributed by atoms with E-state index >= 15 is 0 Å². The lowest BCUT2D eigenvalue weighted by Gasteiger charge is -2.03. The molecule has 0 amide bonds. The van der Waals surface area contributed by atoms with E-state index in [1.165, 1.54) is 0 Å². The fraction of sp³-hybridized carbons (Fsp3) is 0.182. The molecule has 15 heavy (non-hydrogen) atoms. The van der Waals surface area contributed by atoms with Crippen molar-refractivity contribution < 1.29 is 0 Å². The van der Waals surface area contributed by atoms with Gasteiger partial charge in [-0.25, -0.2) is 0 Å². The number of aryl methyl sites for hydroxylation is 2. The van der Waals surface area contributed by atoms with E-state index in [0.717, 1.165) is 26.4 Å². The molecule has 0 unspecified atom stereocenters. The highest BCUT2D eigenvalue weighted by atomic mass is 79.9. The van der Waals surface area contributed by atoms with Gasteiger partial charge in [0.2, 0.25) is 0 Å². The molecule has 0 saturated heterocycles. The summed E-state index contributed by atoms with van der Waals surface area (Å²) >= 11 is 9.50. The zero-order valence-corrected chi connectivity index (χ0v) is 10.8. The highest BCUT2D eigenvalue weighted by Gasteiger charge is 2.12. The highest BCUT2D eigenvalue weighted by Crippen LogP contribution is 2.31. The van der Waals surface area contributed by atoms with Crippen LogP contribution in [-0.4, -0.2) is 9.78 Å². The third-order valence-corrected chi connectivity index (χ3v) is 3.43. The Hall–Kier alpha value is -0.800. The predicted molar refractivity (Wildman–Crippen MR) is 66.1 cm³/mol. The van der Waals surface area contributed by atoms with E-state index in [9.17, 15) is 0 Å². The molecule has 2 nitrogen and oxygen atoms in total. The number of hydrogen-bond acceptors (Lipinski definition) is 1. The first-order valence-corrected chi connectivity index (χ1v) is 5.71. The summed E-state index contributed by atoms with van der Waals surface area (Å²) in [4.78, 5) is 0. The number of benzene rings is 1. The monoisotopic (exact) mass is 284 g/mol. The lowest BCUT2D eigenvalue weighted by atomic mass is 10.1. The van der Waals surface area contributed by atoms with Crippen LogP contribution in [0.15, 0.2) is 28.7 Å². The molecular weight excluding hydrogens is 275 g/mol. The van der Waals surface area contributed by atoms with Gasteiger partial charge in [-0.2, -0.15) is 5.10 Å². The maximum atomic E-state index is 5.96. The average Bonchev–Trinajstić information content (AvgIpc) is 2.41. The fourth-order valence-electron chi connectivity index (χ4n) is 1.58. The van der Waals surface area contributed by atoms with Gasteiger partial charge in [0.25, 0.3) is 0 Å². The van der Waals surface area contributed by atoms with E-state index in [0.29, 0.717) is 0 Å². The van der Waals surface area contributed by atoms with Crippen LogP contribution in [0.2, 0.25) is 5.02 Å². The summed E-state index contributed by atoms with van der Waals surface area (Å²) in [5.41, 5.74) is 3.10. The van der Waals surface area contributed by atoms with E-state index < -0.39 is 0 Å². The normalized spacial score (nSPS) is 10.7. The molecule has 2 aromatic rings. The van der Waals surface area contributed by atoms with Crippen molar-refractivity contribution in [3.63, 3.8) is 0 Å². The third-order valence-electron chi connectivity index (χ3n) is 2.25. The van der Waals surface area contributed by atoms with Crippen molar-refractivity contribution in [2.24, 2.45) is 7.05 Å². The van der Waals surface area contributed by atoms with Gasteiger partial charge in [0.1, 0.15) is 0 Å². The molecule has 0 saturated carbocycles. The second-order valence-electron chi connectivity index (χ2n) is 3.38. The summed E-state index contributed by atoms with van der Waals surface area (Å²) in [6, 6.07) is 7.75. The summed E-state index contributed by atoms with van der Waals surface area (Å²) in [7, 11) is 1.92. The second kappa shape index (κ2) is 3.99. The SMILES string of the molecule is Cc1nn(C)c(-c2cccc(Cl)c2)c1Br. The number of hydrogen-bond donors (Lipinski definition) is 0. The van der Waals surface area contributed by atoms with Crippen molar-refractivity contribution in [1.29, 1.82) is 0 Å². The predicted octanol–water partition coefficient (Wildman–Crippen LogP) is 3.81. The maximum Gasteiger partial charge on any atom is 0.0824 e. The van der Waals surface area contributed by atoms with Crippen LogP contribution in [0.4, 0.5) is 0 Å². The molecule has 0 radical (unpaired) electrons. The molecule has 0 spiro atoms. The van der Waals surface area contributed by atoms with Crippen molar-refractivity contribution in [2.75, 3.05) is 0 Å². The summed E-state index contributed by atoms with van der Waals surface area (Å²) < 4.78 is 2.87. The Morgan fingerprint density at radius 1 is 1.40 bits per heavy atom. The van der Waals surface area contributed by atoms with Gasteiger partial charge in [-0.1, -0.05) is 23.7 Å². The number of aromatic nitrogens is 2. The minimum absolute atomic E-state index is 0.734. The summed E-state index contributed by atoms with van der Waals surface area (Å²) in [5, 5.41) is 5.08. The van der Waals surface area contributed by atoms with Gasteiger partial charge in [0, 0.05) is 17.6 Å². The highest BCUT2D eigenvalue weighted by molar-refractivity contribution is 9.10. The molecule has 0 atom stereocenters. The molecular formula is C11H10BrClN2. The first-order chi connectivity index (χ1) is 7.09. The van der Waals surface area contributed by atoms with Gasteiger partial charge in [-0.05, 0) is 35.0 Å². The van der Waals surface area contributed by atoms with Crippen LogP contribution in [0.3, 0.4) is 0 Å². The van der Waals surface area contributed by atoms with Crippen LogP contribution in [0.25, 0.3) is 11.3 Å². The first-order valence-electron chi connectivity index (χ1n) is 4.54. The Balaban J connectivity index is 2.63. The van der Waals surface area contributed by atoms with Gasteiger partial charge >= 0.3 is 0 Å². The second-order valence-corrected chi connectivity index (χ2v) is 4.61. The minimum Gasteiger partial charge on any atom is -0.266 e. The molecule has 78 valence electrons. The zero-order valence-electron chi connectivity index (χ0n) is 8.46. The van der Waals surface area contributed by atoms with E-state index in [-0.39, 0.29) is 0 Å². The maximum absolute atomic E-state index is 5.96. The van der Waals surface area contributed by atoms with Crippen LogP contribution >= 0.6 is 27.5 Å². The Morgan fingerprint density at radius 3 is 2.67 bits per heavy atom. The van der Waals surface area contributed by atoms with Crippen molar-refractivity contribution in [1.82, 2.24) is 9.78 Å². The standard InChI is InChI=1S/C11H10BrClN2/c1-7-10(12)11(15(2)14-7)8-4-3-5-9(13)6-8/h3-6H,1-2H3. The molecule has 1 heterocycles. The van der Waals surface area contributed by atoms with Crippen molar-refractivity contribution in [3.05, 3.63) is 39.5 Å². The van der Waals surface area contributed by atoms with Crippen LogP contribution < -0.4 is 0 Å². The van der Waals surface area contributed by atoms with Crippen molar-refractivity contribution in [3.8, 4) is 11.3 Å². The Bertz CT molecular complexity index is 505. The van der Waals surface area contributed by atoms with E-state index in [4.69, 9.17) is 11.6 Å². The van der Waals surface area contributed by atoms with Gasteiger partial charge in [0.15, 0.2) is 0 Å². The first kappa shape index (κ1) is 10.7. The topological polar surface area (TPSA) is 17.8 Å². The van der Waals surface area contributed by atoms with Crippen LogP contribution in [-0.2, 0) is 7.05 Å². The number of nitrogens with zero attached hydrogens (tertiary/aromatic N) is 2. The molecule has 0 aliphatic carbocycles. The van der Waals surface area contributed by atoms with Gasteiger partial charge in [-0.3, -0.25) is 4.68 Å². The molecule has 1 aromatic carbocycles. The molecule has 0 aliphatic heterocycles. The van der Waals surface area contributed by atoms with Crippen LogP contribution in [0.1, 0.15) is 5.69 Å². The van der Waals surface area contributed by atoms with Crippen molar-refractivity contribution >= 4 is 27.5 Å². The molecule has 4 heteroatoms. The summed E-state index contributed by atoms with van der Waals surface area (Å²) in [5.74, 6) is 0. The van der Waals surface area contributed by atoms with Gasteiger partial charge in [0.05, 0.1) is 15.9 Å². The van der Waals surface area contributed by atoms with E-state index in [1.807, 2.05) is 42.9 Å². The van der Waals surface area contributed by atoms with E-state index in [2.05, 4.69) is 21.0 Å². The Kier molecular flexibility index (Phi) is 2.85. The average molecular weight is 286 g/mol. The lowest BCUT2D eigenvalue weighted by Crippen LogP contribution is -1.93. The molecule has 2 rings (SSSR count). The molecule has 0 fully saturated rings. The Labute approximate surface area is 102 Å². The number of rotatable bonds is 1. The van der Waals surface area contributed by atoms with Crippen LogP contribution in [0, 0.1) is 6.92 Å². The quantitative estimate of drug-likeness (QED) is 0.779. The largest absolute Gasteiger partial charge is 0.266 e. The zero-order chi connectivity index (χ0) is 11.0. The molecule has 0 N–H and O–H groups in total. The van der Waals surface area contributed by atoms with E-state index in [1.54, 1.807) is 0 Å². The van der Waals surface area contributed by atoms with Crippen molar-refractivity contribution in [2.45, 2.75) is 6.92 Å². The summed E-state index contributed by atoms with van der Waals surface area (Å²) in [6.45, 7) is 1.97. The Morgan fingerprint density at radius 2 is 2.13 bits per heavy atom.